The summed E-state index contributed by atoms with van der Waals surface area (Å²) in [5, 5.41) is 6.93. The van der Waals surface area contributed by atoms with E-state index in [1.165, 1.54) is 38.9 Å². The highest BCUT2D eigenvalue weighted by Crippen LogP contribution is 2.10. The molecule has 5 heteroatoms. The van der Waals surface area contributed by atoms with Gasteiger partial charge in [0.25, 0.3) is 0 Å². The lowest BCUT2D eigenvalue weighted by atomic mass is 10.1. The number of hydrogen-bond acceptors (Lipinski definition) is 3. The van der Waals surface area contributed by atoms with E-state index >= 15 is 0 Å². The number of ether oxygens (including phenoxy) is 1. The summed E-state index contributed by atoms with van der Waals surface area (Å²) in [7, 11) is 1.84. The van der Waals surface area contributed by atoms with Crippen LogP contribution in [0.1, 0.15) is 32.6 Å². The Labute approximate surface area is 146 Å². The summed E-state index contributed by atoms with van der Waals surface area (Å²) in [6.07, 6.45) is 4.58. The third-order valence-electron chi connectivity index (χ3n) is 4.32. The van der Waals surface area contributed by atoms with Gasteiger partial charge in [-0.05, 0) is 44.4 Å². The minimum absolute atomic E-state index is 0.532. The number of likely N-dealkylation sites (tertiary alicyclic amines) is 1. The molecule has 24 heavy (non-hydrogen) atoms. The second kappa shape index (κ2) is 10.9. The van der Waals surface area contributed by atoms with E-state index in [1.807, 2.05) is 37.4 Å². The van der Waals surface area contributed by atoms with Crippen LogP contribution in [0.25, 0.3) is 0 Å². The molecular formula is C19H32N4O. The Kier molecular flexibility index (Phi) is 8.46. The second-order valence-corrected chi connectivity index (χ2v) is 6.27. The first-order valence-electron chi connectivity index (χ1n) is 9.19. The van der Waals surface area contributed by atoms with Crippen molar-refractivity contribution in [3.8, 4) is 5.75 Å². The average molecular weight is 332 g/mol. The molecule has 1 aliphatic heterocycles. The minimum atomic E-state index is 0.532. The average Bonchev–Trinajstić information content (AvgIpc) is 2.63. The SMILES string of the molecule is CCCN1CCC(NC(=NC)NCCCOc2ccccc2)CC1. The molecule has 0 bridgehead atoms. The predicted molar refractivity (Wildman–Crippen MR) is 101 cm³/mol. The van der Waals surface area contributed by atoms with Crippen LogP contribution < -0.4 is 15.4 Å². The molecule has 2 rings (SSSR count). The van der Waals surface area contributed by atoms with Gasteiger partial charge in [-0.15, -0.1) is 0 Å². The molecule has 1 heterocycles. The van der Waals surface area contributed by atoms with Crippen molar-refractivity contribution < 1.29 is 4.74 Å². The van der Waals surface area contributed by atoms with Gasteiger partial charge in [-0.3, -0.25) is 4.99 Å². The third kappa shape index (κ3) is 6.79. The van der Waals surface area contributed by atoms with Gasteiger partial charge in [0.2, 0.25) is 0 Å². The summed E-state index contributed by atoms with van der Waals surface area (Å²) in [5.74, 6) is 1.84. The molecular weight excluding hydrogens is 300 g/mol. The third-order valence-corrected chi connectivity index (χ3v) is 4.32. The highest BCUT2D eigenvalue weighted by Gasteiger charge is 2.19. The molecule has 2 N–H and O–H groups in total. The first-order valence-corrected chi connectivity index (χ1v) is 9.19. The number of para-hydroxylation sites is 1. The quantitative estimate of drug-likeness (QED) is 0.436. The molecule has 134 valence electrons. The van der Waals surface area contributed by atoms with Crippen molar-refractivity contribution in [2.75, 3.05) is 39.8 Å². The molecule has 0 unspecified atom stereocenters. The molecule has 1 saturated heterocycles. The van der Waals surface area contributed by atoms with Crippen LogP contribution in [0.5, 0.6) is 5.75 Å². The number of piperidine rings is 1. The maximum atomic E-state index is 5.70. The van der Waals surface area contributed by atoms with Gasteiger partial charge in [-0.25, -0.2) is 0 Å². The van der Waals surface area contributed by atoms with Crippen molar-refractivity contribution in [2.45, 2.75) is 38.6 Å². The number of hydrogen-bond donors (Lipinski definition) is 2. The van der Waals surface area contributed by atoms with Gasteiger partial charge in [0.1, 0.15) is 5.75 Å². The Morgan fingerprint density at radius 2 is 2.00 bits per heavy atom. The van der Waals surface area contributed by atoms with Gasteiger partial charge in [0.05, 0.1) is 6.61 Å². The summed E-state index contributed by atoms with van der Waals surface area (Å²) >= 11 is 0. The van der Waals surface area contributed by atoms with E-state index in [0.717, 1.165) is 24.7 Å². The normalized spacial score (nSPS) is 16.8. The van der Waals surface area contributed by atoms with Crippen LogP contribution in [0, 0.1) is 0 Å². The number of benzene rings is 1. The summed E-state index contributed by atoms with van der Waals surface area (Å²) < 4.78 is 5.70. The zero-order chi connectivity index (χ0) is 17.0. The van der Waals surface area contributed by atoms with Gasteiger partial charge in [-0.1, -0.05) is 25.1 Å². The number of nitrogens with one attached hydrogen (secondary N) is 2. The Hall–Kier alpha value is -1.75. The molecule has 0 atom stereocenters. The van der Waals surface area contributed by atoms with Crippen molar-refractivity contribution in [1.82, 2.24) is 15.5 Å². The Morgan fingerprint density at radius 1 is 1.25 bits per heavy atom. The maximum Gasteiger partial charge on any atom is 0.191 e. The standard InChI is InChI=1S/C19H32N4O/c1-3-13-23-14-10-17(11-15-23)22-19(20-2)21-12-7-16-24-18-8-5-4-6-9-18/h4-6,8-9,17H,3,7,10-16H2,1-2H3,(H2,20,21,22). The van der Waals surface area contributed by atoms with Gasteiger partial charge in [0, 0.05) is 32.7 Å². The maximum absolute atomic E-state index is 5.70. The molecule has 0 amide bonds. The summed E-state index contributed by atoms with van der Waals surface area (Å²) in [6.45, 7) is 7.42. The molecule has 1 aliphatic rings. The van der Waals surface area contributed by atoms with E-state index in [9.17, 15) is 0 Å². The lowest BCUT2D eigenvalue weighted by molar-refractivity contribution is 0.206. The van der Waals surface area contributed by atoms with Crippen LogP contribution in [0.2, 0.25) is 0 Å². The first kappa shape index (κ1) is 18.6. The summed E-state index contributed by atoms with van der Waals surface area (Å²) in [6, 6.07) is 10.5. The fourth-order valence-corrected chi connectivity index (χ4v) is 2.99. The zero-order valence-corrected chi connectivity index (χ0v) is 15.1. The molecule has 0 aliphatic carbocycles. The summed E-state index contributed by atoms with van der Waals surface area (Å²) in [4.78, 5) is 6.88. The van der Waals surface area contributed by atoms with Gasteiger partial charge in [0.15, 0.2) is 5.96 Å². The topological polar surface area (TPSA) is 48.9 Å². The second-order valence-electron chi connectivity index (χ2n) is 6.27. The highest BCUT2D eigenvalue weighted by molar-refractivity contribution is 5.79. The van der Waals surface area contributed by atoms with Crippen LogP contribution in [0.15, 0.2) is 35.3 Å². The van der Waals surface area contributed by atoms with Crippen LogP contribution in [-0.4, -0.2) is 56.7 Å². The molecule has 5 nitrogen and oxygen atoms in total. The lowest BCUT2D eigenvalue weighted by Gasteiger charge is -2.32. The number of aliphatic imine (C=N–C) groups is 1. The van der Waals surface area contributed by atoms with Crippen LogP contribution in [-0.2, 0) is 0 Å². The van der Waals surface area contributed by atoms with Gasteiger partial charge >= 0.3 is 0 Å². The van der Waals surface area contributed by atoms with E-state index in [4.69, 9.17) is 4.74 Å². The van der Waals surface area contributed by atoms with E-state index in [2.05, 4.69) is 27.4 Å². The fraction of sp³-hybridized carbons (Fsp3) is 0.632. The van der Waals surface area contributed by atoms with Crippen molar-refractivity contribution in [3.05, 3.63) is 30.3 Å². The van der Waals surface area contributed by atoms with Gasteiger partial charge < -0.3 is 20.3 Å². The molecule has 0 saturated carbocycles. The fourth-order valence-electron chi connectivity index (χ4n) is 2.99. The molecule has 0 aromatic heterocycles. The zero-order valence-electron chi connectivity index (χ0n) is 15.1. The van der Waals surface area contributed by atoms with E-state index in [1.54, 1.807) is 0 Å². The van der Waals surface area contributed by atoms with Crippen LogP contribution >= 0.6 is 0 Å². The Balaban J connectivity index is 1.57. The van der Waals surface area contributed by atoms with E-state index in [0.29, 0.717) is 12.6 Å². The molecule has 0 spiro atoms. The molecule has 1 aromatic rings. The number of guanidine groups is 1. The molecule has 1 aromatic carbocycles. The Morgan fingerprint density at radius 3 is 2.67 bits per heavy atom. The first-order chi connectivity index (χ1) is 11.8. The highest BCUT2D eigenvalue weighted by atomic mass is 16.5. The van der Waals surface area contributed by atoms with Crippen LogP contribution in [0.3, 0.4) is 0 Å². The molecule has 0 radical (unpaired) electrons. The van der Waals surface area contributed by atoms with E-state index < -0.39 is 0 Å². The van der Waals surface area contributed by atoms with E-state index in [-0.39, 0.29) is 0 Å². The minimum Gasteiger partial charge on any atom is -0.494 e. The number of nitrogens with zero attached hydrogens (tertiary/aromatic N) is 2. The smallest absolute Gasteiger partial charge is 0.191 e. The van der Waals surface area contributed by atoms with Crippen molar-refractivity contribution in [2.24, 2.45) is 4.99 Å². The van der Waals surface area contributed by atoms with Crippen LogP contribution in [0.4, 0.5) is 0 Å². The summed E-state index contributed by atoms with van der Waals surface area (Å²) in [5.41, 5.74) is 0. The lowest BCUT2D eigenvalue weighted by Crippen LogP contribution is -2.49. The van der Waals surface area contributed by atoms with Crippen molar-refractivity contribution in [1.29, 1.82) is 0 Å². The monoisotopic (exact) mass is 332 g/mol. The largest absolute Gasteiger partial charge is 0.494 e. The van der Waals surface area contributed by atoms with Crippen molar-refractivity contribution in [3.63, 3.8) is 0 Å². The van der Waals surface area contributed by atoms with Gasteiger partial charge in [-0.2, -0.15) is 0 Å². The molecule has 1 fully saturated rings. The Bertz CT molecular complexity index is 470. The van der Waals surface area contributed by atoms with Crippen molar-refractivity contribution >= 4 is 5.96 Å². The number of rotatable bonds is 8. The predicted octanol–water partition coefficient (Wildman–Crippen LogP) is 2.49.